The summed E-state index contributed by atoms with van der Waals surface area (Å²) in [6.07, 6.45) is 1.12. The Kier molecular flexibility index (Phi) is 7.91. The smallest absolute Gasteiger partial charge is 0.242 e. The lowest BCUT2D eigenvalue weighted by Gasteiger charge is -2.28. The fourth-order valence-electron chi connectivity index (χ4n) is 2.05. The molecule has 0 saturated carbocycles. The van der Waals surface area contributed by atoms with E-state index in [-0.39, 0.29) is 25.0 Å². The number of hydrogen-bond acceptors (Lipinski definition) is 3. The van der Waals surface area contributed by atoms with E-state index in [9.17, 15) is 9.59 Å². The zero-order valence-electron chi connectivity index (χ0n) is 13.0. The highest BCUT2D eigenvalue weighted by molar-refractivity contribution is 6.30. The van der Waals surface area contributed by atoms with Crippen LogP contribution in [0, 0.1) is 0 Å². The van der Waals surface area contributed by atoms with Crippen molar-refractivity contribution in [1.29, 1.82) is 0 Å². The van der Waals surface area contributed by atoms with E-state index in [2.05, 4.69) is 5.32 Å². The predicted molar refractivity (Wildman–Crippen MR) is 86.5 cm³/mol. The quantitative estimate of drug-likeness (QED) is 0.767. The van der Waals surface area contributed by atoms with Crippen molar-refractivity contribution >= 4 is 23.4 Å². The summed E-state index contributed by atoms with van der Waals surface area (Å²) in [5.41, 5.74) is 0.913. The van der Waals surface area contributed by atoms with E-state index >= 15 is 0 Å². The van der Waals surface area contributed by atoms with E-state index < -0.39 is 6.04 Å². The molecule has 6 heteroatoms. The molecule has 1 aromatic carbocycles. The SMILES string of the molecule is CCCC(=O)N(Cc1ccc(Cl)cc1)[C@H](C)C(=O)NCCO. The maximum atomic E-state index is 12.3. The molecule has 0 aliphatic carbocycles. The molecule has 0 fully saturated rings. The minimum absolute atomic E-state index is 0.0656. The van der Waals surface area contributed by atoms with E-state index in [1.54, 1.807) is 24.0 Å². The second kappa shape index (κ2) is 9.43. The number of nitrogens with zero attached hydrogens (tertiary/aromatic N) is 1. The van der Waals surface area contributed by atoms with Gasteiger partial charge in [0.05, 0.1) is 6.61 Å². The van der Waals surface area contributed by atoms with Crippen molar-refractivity contribution in [3.8, 4) is 0 Å². The highest BCUT2D eigenvalue weighted by atomic mass is 35.5. The number of hydrogen-bond donors (Lipinski definition) is 2. The van der Waals surface area contributed by atoms with Gasteiger partial charge in [-0.25, -0.2) is 0 Å². The van der Waals surface area contributed by atoms with Crippen LogP contribution in [0.1, 0.15) is 32.3 Å². The molecular formula is C16H23ClN2O3. The summed E-state index contributed by atoms with van der Waals surface area (Å²) in [4.78, 5) is 25.9. The van der Waals surface area contributed by atoms with Crippen molar-refractivity contribution in [2.45, 2.75) is 39.3 Å². The van der Waals surface area contributed by atoms with Crippen molar-refractivity contribution in [3.05, 3.63) is 34.9 Å². The third-order valence-corrected chi connectivity index (χ3v) is 3.56. The van der Waals surface area contributed by atoms with Gasteiger partial charge in [0.2, 0.25) is 11.8 Å². The van der Waals surface area contributed by atoms with E-state index in [4.69, 9.17) is 16.7 Å². The Bertz CT molecular complexity index is 491. The van der Waals surface area contributed by atoms with Gasteiger partial charge in [0, 0.05) is 24.5 Å². The Balaban J connectivity index is 2.85. The lowest BCUT2D eigenvalue weighted by Crippen LogP contribution is -2.48. The summed E-state index contributed by atoms with van der Waals surface area (Å²) >= 11 is 5.86. The summed E-state index contributed by atoms with van der Waals surface area (Å²) in [5, 5.41) is 12.0. The van der Waals surface area contributed by atoms with E-state index in [1.165, 1.54) is 0 Å². The molecule has 0 aromatic heterocycles. The van der Waals surface area contributed by atoms with Crippen LogP contribution in [0.15, 0.2) is 24.3 Å². The van der Waals surface area contributed by atoms with Gasteiger partial charge < -0.3 is 15.3 Å². The average molecular weight is 327 g/mol. The maximum absolute atomic E-state index is 12.3. The molecule has 0 bridgehead atoms. The predicted octanol–water partition coefficient (Wildman–Crippen LogP) is 1.97. The first-order chi connectivity index (χ1) is 10.5. The Labute approximate surface area is 136 Å². The topological polar surface area (TPSA) is 69.6 Å². The van der Waals surface area contributed by atoms with Crippen LogP contribution in [0.5, 0.6) is 0 Å². The molecule has 0 aliphatic heterocycles. The molecule has 0 radical (unpaired) electrons. The van der Waals surface area contributed by atoms with Crippen molar-refractivity contribution < 1.29 is 14.7 Å². The fourth-order valence-corrected chi connectivity index (χ4v) is 2.18. The fraction of sp³-hybridized carbons (Fsp3) is 0.500. The monoisotopic (exact) mass is 326 g/mol. The van der Waals surface area contributed by atoms with Crippen molar-refractivity contribution in [3.63, 3.8) is 0 Å². The van der Waals surface area contributed by atoms with Crippen molar-refractivity contribution in [1.82, 2.24) is 10.2 Å². The zero-order valence-corrected chi connectivity index (χ0v) is 13.8. The summed E-state index contributed by atoms with van der Waals surface area (Å²) in [6, 6.07) is 6.60. The summed E-state index contributed by atoms with van der Waals surface area (Å²) in [7, 11) is 0. The van der Waals surface area contributed by atoms with Crippen LogP contribution in [0.4, 0.5) is 0 Å². The van der Waals surface area contributed by atoms with Gasteiger partial charge in [-0.2, -0.15) is 0 Å². The van der Waals surface area contributed by atoms with E-state index in [0.29, 0.717) is 18.0 Å². The first kappa shape index (κ1) is 18.5. The second-order valence-electron chi connectivity index (χ2n) is 5.09. The van der Waals surface area contributed by atoms with Crippen LogP contribution >= 0.6 is 11.6 Å². The first-order valence-corrected chi connectivity index (χ1v) is 7.79. The normalized spacial score (nSPS) is 11.8. The van der Waals surface area contributed by atoms with Crippen LogP contribution in [-0.2, 0) is 16.1 Å². The molecule has 0 saturated heterocycles. The highest BCUT2D eigenvalue weighted by Crippen LogP contribution is 2.14. The Morgan fingerprint density at radius 3 is 2.50 bits per heavy atom. The number of nitrogens with one attached hydrogen (secondary N) is 1. The van der Waals surface area contributed by atoms with Gasteiger partial charge in [0.25, 0.3) is 0 Å². The molecule has 1 atom stereocenters. The summed E-state index contributed by atoms with van der Waals surface area (Å²) < 4.78 is 0. The number of rotatable bonds is 8. The molecule has 1 aromatic rings. The minimum Gasteiger partial charge on any atom is -0.395 e. The third kappa shape index (κ3) is 5.66. The molecule has 0 unspecified atom stereocenters. The average Bonchev–Trinajstić information content (AvgIpc) is 2.51. The van der Waals surface area contributed by atoms with Crippen molar-refractivity contribution in [2.24, 2.45) is 0 Å². The number of amides is 2. The number of halogens is 1. The number of aliphatic hydroxyl groups is 1. The molecule has 1 rings (SSSR count). The van der Waals surface area contributed by atoms with Gasteiger partial charge in [0.1, 0.15) is 6.04 Å². The van der Waals surface area contributed by atoms with E-state index in [0.717, 1.165) is 12.0 Å². The molecule has 0 aliphatic rings. The van der Waals surface area contributed by atoms with Gasteiger partial charge in [-0.3, -0.25) is 9.59 Å². The lowest BCUT2D eigenvalue weighted by molar-refractivity contribution is -0.140. The Morgan fingerprint density at radius 2 is 1.95 bits per heavy atom. The number of aliphatic hydroxyl groups excluding tert-OH is 1. The third-order valence-electron chi connectivity index (χ3n) is 3.31. The molecule has 22 heavy (non-hydrogen) atoms. The molecule has 0 spiro atoms. The molecule has 5 nitrogen and oxygen atoms in total. The Morgan fingerprint density at radius 1 is 1.32 bits per heavy atom. The van der Waals surface area contributed by atoms with Gasteiger partial charge in [-0.1, -0.05) is 30.7 Å². The van der Waals surface area contributed by atoms with Crippen molar-refractivity contribution in [2.75, 3.05) is 13.2 Å². The van der Waals surface area contributed by atoms with Gasteiger partial charge >= 0.3 is 0 Å². The molecule has 0 heterocycles. The standard InChI is InChI=1S/C16H23ClN2O3/c1-3-4-15(21)19(12(2)16(22)18-9-10-20)11-13-5-7-14(17)8-6-13/h5-8,12,20H,3-4,9-11H2,1-2H3,(H,18,22)/t12-/m1/s1. The number of carbonyl (C=O) groups is 2. The van der Waals surface area contributed by atoms with Gasteiger partial charge in [-0.15, -0.1) is 0 Å². The molecular weight excluding hydrogens is 304 g/mol. The molecule has 122 valence electrons. The Hall–Kier alpha value is -1.59. The number of benzene rings is 1. The summed E-state index contributed by atoms with van der Waals surface area (Å²) in [5.74, 6) is -0.337. The minimum atomic E-state index is -0.596. The second-order valence-corrected chi connectivity index (χ2v) is 5.53. The van der Waals surface area contributed by atoms with Crippen LogP contribution < -0.4 is 5.32 Å². The zero-order chi connectivity index (χ0) is 16.5. The number of carbonyl (C=O) groups excluding carboxylic acids is 2. The molecule has 2 N–H and O–H groups in total. The van der Waals surface area contributed by atoms with E-state index in [1.807, 2.05) is 19.1 Å². The van der Waals surface area contributed by atoms with Crippen LogP contribution in [0.25, 0.3) is 0 Å². The highest BCUT2D eigenvalue weighted by Gasteiger charge is 2.25. The first-order valence-electron chi connectivity index (χ1n) is 7.42. The molecule has 2 amide bonds. The van der Waals surface area contributed by atoms with Gasteiger partial charge in [0.15, 0.2) is 0 Å². The summed E-state index contributed by atoms with van der Waals surface area (Å²) in [6.45, 7) is 4.02. The van der Waals surface area contributed by atoms with Crippen LogP contribution in [0.3, 0.4) is 0 Å². The van der Waals surface area contributed by atoms with Gasteiger partial charge in [-0.05, 0) is 31.0 Å². The van der Waals surface area contributed by atoms with Crippen LogP contribution in [-0.4, -0.2) is 41.0 Å². The lowest BCUT2D eigenvalue weighted by atomic mass is 10.1. The van der Waals surface area contributed by atoms with Crippen LogP contribution in [0.2, 0.25) is 5.02 Å². The maximum Gasteiger partial charge on any atom is 0.242 e. The largest absolute Gasteiger partial charge is 0.395 e.